The number of carbonyl (C=O) groups is 1. The lowest BCUT2D eigenvalue weighted by molar-refractivity contribution is -0.120. The number of hydrogen-bond donors (Lipinski definition) is 2. The summed E-state index contributed by atoms with van der Waals surface area (Å²) in [6, 6.07) is 5.55. The molecule has 1 heterocycles. The molecule has 0 saturated heterocycles. The van der Waals surface area contributed by atoms with E-state index in [-0.39, 0.29) is 11.2 Å². The summed E-state index contributed by atoms with van der Waals surface area (Å²) in [6.45, 7) is 2.72. The first kappa shape index (κ1) is 16.7. The number of carbonyl (C=O) groups excluding carboxylic acids is 1. The molecule has 1 aliphatic carbocycles. The van der Waals surface area contributed by atoms with Crippen LogP contribution in [-0.2, 0) is 4.79 Å². The van der Waals surface area contributed by atoms with E-state index in [1.54, 1.807) is 0 Å². The highest BCUT2D eigenvalue weighted by molar-refractivity contribution is 8.00. The van der Waals surface area contributed by atoms with Crippen molar-refractivity contribution in [2.45, 2.75) is 49.4 Å². The maximum Gasteiger partial charge on any atom is 0.233 e. The van der Waals surface area contributed by atoms with Gasteiger partial charge in [-0.05, 0) is 43.9 Å². The van der Waals surface area contributed by atoms with Crippen LogP contribution in [0.25, 0.3) is 11.0 Å². The summed E-state index contributed by atoms with van der Waals surface area (Å²) in [5.41, 5.74) is 1.77. The second-order valence-corrected chi connectivity index (χ2v) is 7.98. The van der Waals surface area contributed by atoms with Crippen molar-refractivity contribution in [3.05, 3.63) is 23.2 Å². The van der Waals surface area contributed by atoms with Gasteiger partial charge in [-0.15, -0.1) is 0 Å². The number of thioether (sulfide) groups is 1. The predicted molar refractivity (Wildman–Crippen MR) is 96.0 cm³/mol. The van der Waals surface area contributed by atoms with Gasteiger partial charge in [0.1, 0.15) is 0 Å². The summed E-state index contributed by atoms with van der Waals surface area (Å²) in [5, 5.41) is 4.35. The Bertz CT molecular complexity index is 682. The van der Waals surface area contributed by atoms with Crippen LogP contribution in [0.2, 0.25) is 5.02 Å². The van der Waals surface area contributed by atoms with Gasteiger partial charge in [0.15, 0.2) is 5.16 Å². The quantitative estimate of drug-likeness (QED) is 0.785. The van der Waals surface area contributed by atoms with Gasteiger partial charge in [-0.1, -0.05) is 42.6 Å². The van der Waals surface area contributed by atoms with Crippen LogP contribution in [0.5, 0.6) is 0 Å². The highest BCUT2D eigenvalue weighted by atomic mass is 35.5. The fourth-order valence-corrected chi connectivity index (χ4v) is 4.03. The highest BCUT2D eigenvalue weighted by Crippen LogP contribution is 2.26. The molecule has 0 spiro atoms. The minimum absolute atomic E-state index is 0.0825. The SMILES string of the molecule is C[C@H](Sc1nc2ccc(Cl)cc2[nH]1)C(=O)NCC1CCCCC1. The molecule has 1 atom stereocenters. The monoisotopic (exact) mass is 351 g/mol. The predicted octanol–water partition coefficient (Wildman–Crippen LogP) is 4.39. The molecular weight excluding hydrogens is 330 g/mol. The van der Waals surface area contributed by atoms with Crippen molar-refractivity contribution in [1.29, 1.82) is 0 Å². The summed E-state index contributed by atoms with van der Waals surface area (Å²) in [4.78, 5) is 20.0. The van der Waals surface area contributed by atoms with E-state index in [1.165, 1.54) is 43.9 Å². The zero-order valence-electron chi connectivity index (χ0n) is 13.3. The lowest BCUT2D eigenvalue weighted by Gasteiger charge is -2.22. The summed E-state index contributed by atoms with van der Waals surface area (Å²) in [6.07, 6.45) is 6.42. The number of imidazole rings is 1. The maximum atomic E-state index is 12.3. The molecule has 1 amide bonds. The van der Waals surface area contributed by atoms with Gasteiger partial charge in [0, 0.05) is 11.6 Å². The Balaban J connectivity index is 1.54. The van der Waals surface area contributed by atoms with Crippen LogP contribution in [0.4, 0.5) is 0 Å². The molecule has 0 unspecified atom stereocenters. The average Bonchev–Trinajstić information content (AvgIpc) is 2.94. The van der Waals surface area contributed by atoms with Crippen molar-refractivity contribution in [2.75, 3.05) is 6.54 Å². The Hall–Kier alpha value is -1.20. The second-order valence-electron chi connectivity index (χ2n) is 6.21. The third-order valence-electron chi connectivity index (χ3n) is 4.37. The first-order valence-corrected chi connectivity index (χ1v) is 9.47. The number of amides is 1. The Morgan fingerprint density at radius 3 is 3.00 bits per heavy atom. The lowest BCUT2D eigenvalue weighted by Crippen LogP contribution is -2.35. The third-order valence-corrected chi connectivity index (χ3v) is 5.59. The van der Waals surface area contributed by atoms with E-state index in [2.05, 4.69) is 15.3 Å². The minimum atomic E-state index is -0.172. The number of benzene rings is 1. The zero-order chi connectivity index (χ0) is 16.2. The smallest absolute Gasteiger partial charge is 0.233 e. The molecule has 1 aromatic carbocycles. The number of aromatic amines is 1. The number of aromatic nitrogens is 2. The van der Waals surface area contributed by atoms with E-state index in [9.17, 15) is 4.79 Å². The lowest BCUT2D eigenvalue weighted by atomic mass is 9.89. The molecule has 6 heteroatoms. The Labute approximate surface area is 145 Å². The zero-order valence-corrected chi connectivity index (χ0v) is 14.8. The molecule has 1 fully saturated rings. The summed E-state index contributed by atoms with van der Waals surface area (Å²) < 4.78 is 0. The van der Waals surface area contributed by atoms with Gasteiger partial charge in [-0.2, -0.15) is 0 Å². The van der Waals surface area contributed by atoms with Crippen molar-refractivity contribution in [3.63, 3.8) is 0 Å². The Morgan fingerprint density at radius 1 is 1.43 bits per heavy atom. The van der Waals surface area contributed by atoms with Gasteiger partial charge in [0.05, 0.1) is 16.3 Å². The number of fused-ring (bicyclic) bond motifs is 1. The van der Waals surface area contributed by atoms with Gasteiger partial charge >= 0.3 is 0 Å². The van der Waals surface area contributed by atoms with Crippen LogP contribution in [0.1, 0.15) is 39.0 Å². The minimum Gasteiger partial charge on any atom is -0.355 e. The number of nitrogens with one attached hydrogen (secondary N) is 2. The number of halogens is 1. The molecule has 1 aromatic heterocycles. The van der Waals surface area contributed by atoms with Crippen LogP contribution < -0.4 is 5.32 Å². The van der Waals surface area contributed by atoms with Crippen LogP contribution in [0, 0.1) is 5.92 Å². The molecule has 3 rings (SSSR count). The van der Waals surface area contributed by atoms with Gasteiger partial charge in [-0.3, -0.25) is 4.79 Å². The van der Waals surface area contributed by atoms with Crippen molar-refractivity contribution in [1.82, 2.24) is 15.3 Å². The summed E-state index contributed by atoms with van der Waals surface area (Å²) >= 11 is 7.43. The van der Waals surface area contributed by atoms with Crippen LogP contribution in [-0.4, -0.2) is 27.7 Å². The molecule has 2 N–H and O–H groups in total. The van der Waals surface area contributed by atoms with E-state index in [0.29, 0.717) is 10.9 Å². The first-order chi connectivity index (χ1) is 11.1. The molecule has 4 nitrogen and oxygen atoms in total. The van der Waals surface area contributed by atoms with Crippen molar-refractivity contribution in [3.8, 4) is 0 Å². The van der Waals surface area contributed by atoms with E-state index in [4.69, 9.17) is 11.6 Å². The first-order valence-electron chi connectivity index (χ1n) is 8.21. The van der Waals surface area contributed by atoms with Gasteiger partial charge < -0.3 is 10.3 Å². The highest BCUT2D eigenvalue weighted by Gasteiger charge is 2.19. The molecule has 1 aliphatic rings. The van der Waals surface area contributed by atoms with Crippen LogP contribution in [0.3, 0.4) is 0 Å². The number of nitrogens with zero attached hydrogens (tertiary/aromatic N) is 1. The van der Waals surface area contributed by atoms with E-state index < -0.39 is 0 Å². The third kappa shape index (κ3) is 4.42. The Morgan fingerprint density at radius 2 is 2.22 bits per heavy atom. The average molecular weight is 352 g/mol. The van der Waals surface area contributed by atoms with Crippen LogP contribution >= 0.6 is 23.4 Å². The van der Waals surface area contributed by atoms with Gasteiger partial charge in [0.2, 0.25) is 5.91 Å². The van der Waals surface area contributed by atoms with E-state index >= 15 is 0 Å². The molecule has 1 saturated carbocycles. The Kier molecular flexibility index (Phi) is 5.49. The molecule has 2 aromatic rings. The standard InChI is InChI=1S/C17H22ClN3OS/c1-11(16(22)19-10-12-5-3-2-4-6-12)23-17-20-14-8-7-13(18)9-15(14)21-17/h7-9,11-12H,2-6,10H2,1H3,(H,19,22)(H,20,21)/t11-/m0/s1. The summed E-state index contributed by atoms with van der Waals surface area (Å²) in [7, 11) is 0. The fourth-order valence-electron chi connectivity index (χ4n) is 3.02. The molecule has 23 heavy (non-hydrogen) atoms. The number of hydrogen-bond acceptors (Lipinski definition) is 3. The molecule has 0 radical (unpaired) electrons. The van der Waals surface area contributed by atoms with Crippen molar-refractivity contribution >= 4 is 40.3 Å². The molecule has 0 aliphatic heterocycles. The van der Waals surface area contributed by atoms with Crippen molar-refractivity contribution < 1.29 is 4.79 Å². The maximum absolute atomic E-state index is 12.3. The number of H-pyrrole nitrogens is 1. The summed E-state index contributed by atoms with van der Waals surface area (Å²) in [5.74, 6) is 0.734. The molecule has 0 bridgehead atoms. The fraction of sp³-hybridized carbons (Fsp3) is 0.529. The topological polar surface area (TPSA) is 57.8 Å². The second kappa shape index (κ2) is 7.58. The van der Waals surface area contributed by atoms with Gasteiger partial charge in [-0.25, -0.2) is 4.98 Å². The van der Waals surface area contributed by atoms with E-state index in [0.717, 1.165) is 22.7 Å². The van der Waals surface area contributed by atoms with Crippen LogP contribution in [0.15, 0.2) is 23.4 Å². The largest absolute Gasteiger partial charge is 0.355 e. The molecular formula is C17H22ClN3OS. The van der Waals surface area contributed by atoms with Crippen molar-refractivity contribution in [2.24, 2.45) is 5.92 Å². The van der Waals surface area contributed by atoms with E-state index in [1.807, 2.05) is 25.1 Å². The number of rotatable bonds is 5. The van der Waals surface area contributed by atoms with Gasteiger partial charge in [0.25, 0.3) is 0 Å². The normalized spacial score (nSPS) is 17.3. The molecule has 124 valence electrons.